The van der Waals surface area contributed by atoms with Crippen molar-refractivity contribution in [2.24, 2.45) is 0 Å². The van der Waals surface area contributed by atoms with Crippen molar-refractivity contribution in [1.82, 2.24) is 9.88 Å². The van der Waals surface area contributed by atoms with Crippen LogP contribution in [0.5, 0.6) is 0 Å². The fraction of sp³-hybridized carbons (Fsp3) is 0.444. The summed E-state index contributed by atoms with van der Waals surface area (Å²) in [5.41, 5.74) is 2.87. The molecule has 0 unspecified atom stereocenters. The third kappa shape index (κ3) is 3.03. The van der Waals surface area contributed by atoms with Gasteiger partial charge in [0.15, 0.2) is 0 Å². The lowest BCUT2D eigenvalue weighted by atomic mass is 10.1. The number of hydrogen-bond acceptors (Lipinski definition) is 4. The number of thiazole rings is 1. The van der Waals surface area contributed by atoms with Gasteiger partial charge in [-0.15, -0.1) is 11.3 Å². The number of hydrogen-bond donors (Lipinski definition) is 1. The molecule has 2 aromatic rings. The maximum Gasteiger partial charge on any atom is 0.322 e. The fourth-order valence-corrected chi connectivity index (χ4v) is 4.22. The van der Waals surface area contributed by atoms with Gasteiger partial charge in [0.1, 0.15) is 0 Å². The summed E-state index contributed by atoms with van der Waals surface area (Å²) < 4.78 is 5.77. The molecule has 5 nitrogen and oxygen atoms in total. The van der Waals surface area contributed by atoms with Crippen LogP contribution in [0.2, 0.25) is 0 Å². The minimum absolute atomic E-state index is 0.0209. The SMILES string of the molecule is Cc1nc(-c2ccc(NC(=O)N3CCO[C@H]4CCC[C@H]43)cc2)cs1. The number of urea groups is 1. The number of fused-ring (bicyclic) bond motifs is 1. The zero-order chi connectivity index (χ0) is 16.5. The molecule has 1 N–H and O–H groups in total. The van der Waals surface area contributed by atoms with Crippen LogP contribution in [0, 0.1) is 6.92 Å². The van der Waals surface area contributed by atoms with Crippen LogP contribution in [-0.4, -0.2) is 41.2 Å². The van der Waals surface area contributed by atoms with Crippen molar-refractivity contribution in [2.75, 3.05) is 18.5 Å². The lowest BCUT2D eigenvalue weighted by Crippen LogP contribution is -2.52. The van der Waals surface area contributed by atoms with Gasteiger partial charge in [-0.1, -0.05) is 12.1 Å². The van der Waals surface area contributed by atoms with Gasteiger partial charge in [0.2, 0.25) is 0 Å². The van der Waals surface area contributed by atoms with Crippen molar-refractivity contribution in [3.63, 3.8) is 0 Å². The number of nitrogens with zero attached hydrogens (tertiary/aromatic N) is 2. The van der Waals surface area contributed by atoms with Crippen molar-refractivity contribution in [3.8, 4) is 11.3 Å². The number of nitrogens with one attached hydrogen (secondary N) is 1. The molecule has 2 atom stereocenters. The highest BCUT2D eigenvalue weighted by Gasteiger charge is 2.38. The zero-order valence-corrected chi connectivity index (χ0v) is 14.5. The van der Waals surface area contributed by atoms with E-state index in [0.29, 0.717) is 13.2 Å². The summed E-state index contributed by atoms with van der Waals surface area (Å²) in [4.78, 5) is 19.1. The Morgan fingerprint density at radius 2 is 2.17 bits per heavy atom. The minimum Gasteiger partial charge on any atom is -0.374 e. The number of carbonyl (C=O) groups is 1. The Balaban J connectivity index is 1.44. The van der Waals surface area contributed by atoms with Crippen molar-refractivity contribution >= 4 is 23.1 Å². The minimum atomic E-state index is -0.0209. The van der Waals surface area contributed by atoms with Crippen molar-refractivity contribution in [3.05, 3.63) is 34.7 Å². The molecule has 126 valence electrons. The number of anilines is 1. The Kier molecular flexibility index (Phi) is 4.24. The van der Waals surface area contributed by atoms with E-state index in [2.05, 4.69) is 15.7 Å². The van der Waals surface area contributed by atoms with Crippen molar-refractivity contribution in [1.29, 1.82) is 0 Å². The van der Waals surface area contributed by atoms with Crippen LogP contribution in [0.1, 0.15) is 24.3 Å². The van der Waals surface area contributed by atoms with Crippen LogP contribution in [0.15, 0.2) is 29.6 Å². The maximum absolute atomic E-state index is 12.6. The topological polar surface area (TPSA) is 54.5 Å². The molecule has 1 aromatic heterocycles. The summed E-state index contributed by atoms with van der Waals surface area (Å²) in [5, 5.41) is 6.13. The second-order valence-corrected chi connectivity index (χ2v) is 7.42. The number of morpholine rings is 1. The van der Waals surface area contributed by atoms with Gasteiger partial charge in [0.05, 0.1) is 29.5 Å². The van der Waals surface area contributed by atoms with Gasteiger partial charge in [0.25, 0.3) is 0 Å². The average Bonchev–Trinajstić information content (AvgIpc) is 3.24. The average molecular weight is 343 g/mol. The Morgan fingerprint density at radius 1 is 1.33 bits per heavy atom. The monoisotopic (exact) mass is 343 g/mol. The molecule has 2 fully saturated rings. The fourth-order valence-electron chi connectivity index (χ4n) is 3.59. The molecule has 6 heteroatoms. The second kappa shape index (κ2) is 6.53. The summed E-state index contributed by atoms with van der Waals surface area (Å²) in [6.07, 6.45) is 3.47. The number of aryl methyl sites for hydroxylation is 1. The first-order valence-corrected chi connectivity index (χ1v) is 9.30. The molecule has 1 aliphatic heterocycles. The molecule has 1 aliphatic carbocycles. The Bertz CT molecular complexity index is 728. The first-order valence-electron chi connectivity index (χ1n) is 8.42. The molecule has 24 heavy (non-hydrogen) atoms. The molecule has 1 saturated carbocycles. The molecule has 1 saturated heterocycles. The summed E-state index contributed by atoms with van der Waals surface area (Å²) >= 11 is 1.64. The number of aromatic nitrogens is 1. The molecule has 2 aliphatic rings. The van der Waals surface area contributed by atoms with E-state index in [4.69, 9.17) is 4.74 Å². The molecular formula is C18H21N3O2S. The quantitative estimate of drug-likeness (QED) is 0.899. The Morgan fingerprint density at radius 3 is 2.92 bits per heavy atom. The third-order valence-corrected chi connectivity index (χ3v) is 5.57. The van der Waals surface area contributed by atoms with Gasteiger partial charge < -0.3 is 15.0 Å². The zero-order valence-electron chi connectivity index (χ0n) is 13.7. The highest BCUT2D eigenvalue weighted by Crippen LogP contribution is 2.30. The van der Waals surface area contributed by atoms with E-state index >= 15 is 0 Å². The molecular weight excluding hydrogens is 322 g/mol. The van der Waals surface area contributed by atoms with E-state index in [1.165, 1.54) is 0 Å². The highest BCUT2D eigenvalue weighted by atomic mass is 32.1. The van der Waals surface area contributed by atoms with Crippen LogP contribution in [0.25, 0.3) is 11.3 Å². The van der Waals surface area contributed by atoms with E-state index < -0.39 is 0 Å². The first-order chi connectivity index (χ1) is 11.7. The van der Waals surface area contributed by atoms with Crippen LogP contribution in [0.4, 0.5) is 10.5 Å². The maximum atomic E-state index is 12.6. The normalized spacial score (nSPS) is 23.1. The first kappa shape index (κ1) is 15.6. The van der Waals surface area contributed by atoms with E-state index in [-0.39, 0.29) is 18.2 Å². The highest BCUT2D eigenvalue weighted by molar-refractivity contribution is 7.09. The Labute approximate surface area is 145 Å². The Hall–Kier alpha value is -1.92. The standard InChI is InChI=1S/C18H21N3O2S/c1-12-19-15(11-24-12)13-5-7-14(8-6-13)20-18(22)21-9-10-23-17-4-2-3-16(17)21/h5-8,11,16-17H,2-4,9-10H2,1H3,(H,20,22)/t16-,17+/m1/s1. The third-order valence-electron chi connectivity index (χ3n) is 4.79. The number of carbonyl (C=O) groups excluding carboxylic acids is 1. The van der Waals surface area contributed by atoms with Crippen LogP contribution in [0.3, 0.4) is 0 Å². The number of ether oxygens (including phenoxy) is 1. The van der Waals surface area contributed by atoms with Crippen LogP contribution >= 0.6 is 11.3 Å². The molecule has 1 aromatic carbocycles. The molecule has 4 rings (SSSR count). The molecule has 2 heterocycles. The molecule has 0 radical (unpaired) electrons. The van der Waals surface area contributed by atoms with Gasteiger partial charge in [-0.3, -0.25) is 0 Å². The van der Waals surface area contributed by atoms with Crippen LogP contribution < -0.4 is 5.32 Å². The summed E-state index contributed by atoms with van der Waals surface area (Å²) in [7, 11) is 0. The van der Waals surface area contributed by atoms with Gasteiger partial charge in [-0.25, -0.2) is 9.78 Å². The van der Waals surface area contributed by atoms with Gasteiger partial charge >= 0.3 is 6.03 Å². The predicted octanol–water partition coefficient (Wildman–Crippen LogP) is 3.90. The lowest BCUT2D eigenvalue weighted by molar-refractivity contribution is -0.0362. The van der Waals surface area contributed by atoms with Crippen molar-refractivity contribution < 1.29 is 9.53 Å². The molecule has 2 amide bonds. The van der Waals surface area contributed by atoms with E-state index in [0.717, 1.165) is 41.2 Å². The molecule has 0 spiro atoms. The summed E-state index contributed by atoms with van der Waals surface area (Å²) in [5.74, 6) is 0. The second-order valence-electron chi connectivity index (χ2n) is 6.36. The van der Waals surface area contributed by atoms with E-state index in [9.17, 15) is 4.79 Å². The largest absolute Gasteiger partial charge is 0.374 e. The predicted molar refractivity (Wildman–Crippen MR) is 95.4 cm³/mol. The van der Waals surface area contributed by atoms with Gasteiger partial charge in [-0.2, -0.15) is 0 Å². The van der Waals surface area contributed by atoms with Gasteiger partial charge in [-0.05, 0) is 38.3 Å². The summed E-state index contributed by atoms with van der Waals surface area (Å²) in [6.45, 7) is 3.31. The van der Waals surface area contributed by atoms with Crippen molar-refractivity contribution in [2.45, 2.75) is 38.3 Å². The summed E-state index contributed by atoms with van der Waals surface area (Å²) in [6, 6.07) is 8.09. The van der Waals surface area contributed by atoms with E-state index in [1.54, 1.807) is 11.3 Å². The molecule has 0 bridgehead atoms. The smallest absolute Gasteiger partial charge is 0.322 e. The van der Waals surface area contributed by atoms with E-state index in [1.807, 2.05) is 36.1 Å². The number of amides is 2. The number of benzene rings is 1. The van der Waals surface area contributed by atoms with Gasteiger partial charge in [0, 0.05) is 23.2 Å². The van der Waals surface area contributed by atoms with Crippen LogP contribution in [-0.2, 0) is 4.74 Å². The lowest BCUT2D eigenvalue weighted by Gasteiger charge is -2.37. The number of rotatable bonds is 2.